The Morgan fingerprint density at radius 3 is 2.67 bits per heavy atom. The summed E-state index contributed by atoms with van der Waals surface area (Å²) in [6, 6.07) is 18.2. The molecule has 124 valence electrons. The topological polar surface area (TPSA) is 3.24 Å². The number of hydrogen-bond acceptors (Lipinski definition) is 1. The molecule has 1 aliphatic heterocycles. The molecule has 0 aliphatic carbocycles. The maximum absolute atomic E-state index is 4.07. The van der Waals surface area contributed by atoms with Crippen LogP contribution in [0.2, 0.25) is 0 Å². The molecule has 3 rings (SSSR count). The second-order valence-corrected chi connectivity index (χ2v) is 6.60. The van der Waals surface area contributed by atoms with Crippen molar-refractivity contribution in [3.05, 3.63) is 89.6 Å². The second kappa shape index (κ2) is 7.09. The van der Waals surface area contributed by atoms with Gasteiger partial charge in [0, 0.05) is 11.3 Å². The molecule has 1 heterocycles. The molecule has 24 heavy (non-hydrogen) atoms. The quantitative estimate of drug-likeness (QED) is 0.625. The van der Waals surface area contributed by atoms with Gasteiger partial charge in [-0.15, -0.1) is 0 Å². The average molecular weight is 317 g/mol. The molecule has 0 radical (unpaired) electrons. The number of rotatable bonds is 5. The second-order valence-electron chi connectivity index (χ2n) is 6.60. The minimum Gasteiger partial charge on any atom is -0.341 e. The summed E-state index contributed by atoms with van der Waals surface area (Å²) < 4.78 is 0. The molecule has 2 unspecified atom stereocenters. The van der Waals surface area contributed by atoms with Gasteiger partial charge in [-0.3, -0.25) is 0 Å². The van der Waals surface area contributed by atoms with E-state index in [0.29, 0.717) is 12.0 Å². The molecule has 1 nitrogen and oxygen atoms in total. The third kappa shape index (κ3) is 2.91. The van der Waals surface area contributed by atoms with Gasteiger partial charge in [-0.2, -0.15) is 0 Å². The van der Waals surface area contributed by atoms with Crippen LogP contribution in [-0.4, -0.2) is 4.90 Å². The third-order valence-corrected chi connectivity index (χ3v) is 5.18. The summed E-state index contributed by atoms with van der Waals surface area (Å²) in [5.41, 5.74) is 6.90. The maximum Gasteiger partial charge on any atom is 0.0597 e. The van der Waals surface area contributed by atoms with Gasteiger partial charge in [0.1, 0.15) is 0 Å². The molecule has 2 aromatic rings. The highest BCUT2D eigenvalue weighted by Crippen LogP contribution is 2.45. The van der Waals surface area contributed by atoms with E-state index in [1.54, 1.807) is 0 Å². The smallest absolute Gasteiger partial charge is 0.0597 e. The van der Waals surface area contributed by atoms with E-state index in [1.165, 1.54) is 28.0 Å². The summed E-state index contributed by atoms with van der Waals surface area (Å²) >= 11 is 0. The first-order valence-electron chi connectivity index (χ1n) is 8.94. The van der Waals surface area contributed by atoms with Gasteiger partial charge in [0.25, 0.3) is 0 Å². The van der Waals surface area contributed by atoms with Gasteiger partial charge in [-0.1, -0.05) is 75.0 Å². The molecule has 0 spiro atoms. The van der Waals surface area contributed by atoms with Crippen LogP contribution in [0.1, 0.15) is 61.4 Å². The van der Waals surface area contributed by atoms with Crippen LogP contribution in [0.5, 0.6) is 0 Å². The van der Waals surface area contributed by atoms with Gasteiger partial charge < -0.3 is 4.90 Å². The van der Waals surface area contributed by atoms with Gasteiger partial charge >= 0.3 is 0 Å². The first-order valence-corrected chi connectivity index (χ1v) is 8.94. The van der Waals surface area contributed by atoms with E-state index in [4.69, 9.17) is 0 Å². The third-order valence-electron chi connectivity index (χ3n) is 5.18. The fourth-order valence-electron chi connectivity index (χ4n) is 3.84. The molecule has 0 aromatic heterocycles. The summed E-state index contributed by atoms with van der Waals surface area (Å²) in [5.74, 6) is 0.508. The van der Waals surface area contributed by atoms with Crippen LogP contribution in [0.3, 0.4) is 0 Å². The summed E-state index contributed by atoms with van der Waals surface area (Å²) in [6.45, 7) is 10.7. The summed E-state index contributed by atoms with van der Waals surface area (Å²) in [6.07, 6.45) is 6.36. The predicted molar refractivity (Wildman–Crippen MR) is 104 cm³/mol. The van der Waals surface area contributed by atoms with E-state index in [-0.39, 0.29) is 0 Å². The Morgan fingerprint density at radius 2 is 1.96 bits per heavy atom. The largest absolute Gasteiger partial charge is 0.341 e. The summed E-state index contributed by atoms with van der Waals surface area (Å²) in [5, 5.41) is 0. The van der Waals surface area contributed by atoms with E-state index in [9.17, 15) is 0 Å². The average Bonchev–Trinajstić information content (AvgIpc) is 2.94. The fourth-order valence-corrected chi connectivity index (χ4v) is 3.84. The first-order chi connectivity index (χ1) is 11.7. The van der Waals surface area contributed by atoms with Gasteiger partial charge in [0.05, 0.1) is 6.04 Å². The van der Waals surface area contributed by atoms with Crippen LogP contribution >= 0.6 is 0 Å². The number of benzene rings is 2. The lowest BCUT2D eigenvalue weighted by Gasteiger charge is -2.27. The molecule has 0 fully saturated rings. The minimum absolute atomic E-state index is 0.366. The molecule has 1 heteroatoms. The standard InChI is InChI=1S/C23H27N/c1-5-18-11-10-12-19(16-18)17(4)15-23-21-14-9-8-13-20(21)22(6-2)24(23)7-3/h6-14,16-17,23H,3,5,15H2,1-2,4H3/b22-6-. The highest BCUT2D eigenvalue weighted by molar-refractivity contribution is 5.72. The van der Waals surface area contributed by atoms with Crippen molar-refractivity contribution >= 4 is 5.70 Å². The molecular weight excluding hydrogens is 290 g/mol. The van der Waals surface area contributed by atoms with E-state index in [1.807, 2.05) is 6.20 Å². The van der Waals surface area contributed by atoms with Gasteiger partial charge in [-0.25, -0.2) is 0 Å². The van der Waals surface area contributed by atoms with Crippen LogP contribution in [0, 0.1) is 0 Å². The van der Waals surface area contributed by atoms with E-state index >= 15 is 0 Å². The molecule has 0 saturated heterocycles. The molecule has 1 aliphatic rings. The lowest BCUT2D eigenvalue weighted by Crippen LogP contribution is -2.16. The maximum atomic E-state index is 4.07. The van der Waals surface area contributed by atoms with Crippen molar-refractivity contribution in [1.29, 1.82) is 0 Å². The SMILES string of the molecule is C=CN1/C(=C\C)c2ccccc2C1CC(C)c1cccc(CC)c1. The van der Waals surface area contributed by atoms with Gasteiger partial charge in [0.15, 0.2) is 0 Å². The Morgan fingerprint density at radius 1 is 1.17 bits per heavy atom. The van der Waals surface area contributed by atoms with Crippen LogP contribution in [-0.2, 0) is 6.42 Å². The fraction of sp³-hybridized carbons (Fsp3) is 0.304. The minimum atomic E-state index is 0.366. The normalized spacial score (nSPS) is 19.4. The number of allylic oxidation sites excluding steroid dienone is 1. The van der Waals surface area contributed by atoms with Crippen molar-refractivity contribution in [2.45, 2.75) is 45.6 Å². The molecule has 2 aromatic carbocycles. The van der Waals surface area contributed by atoms with Crippen molar-refractivity contribution in [1.82, 2.24) is 4.90 Å². The Bertz CT molecular complexity index is 756. The van der Waals surface area contributed by atoms with E-state index in [2.05, 4.69) is 86.9 Å². The zero-order valence-corrected chi connectivity index (χ0v) is 15.0. The van der Waals surface area contributed by atoms with Crippen molar-refractivity contribution < 1.29 is 0 Å². The Hall–Kier alpha value is -2.28. The van der Waals surface area contributed by atoms with Gasteiger partial charge in [0.2, 0.25) is 0 Å². The molecular formula is C23H27N. The highest BCUT2D eigenvalue weighted by atomic mass is 15.2. The zero-order valence-electron chi connectivity index (χ0n) is 15.0. The lowest BCUT2D eigenvalue weighted by molar-refractivity contribution is 0.371. The first kappa shape index (κ1) is 16.6. The van der Waals surface area contributed by atoms with Crippen molar-refractivity contribution in [3.63, 3.8) is 0 Å². The van der Waals surface area contributed by atoms with Crippen LogP contribution < -0.4 is 0 Å². The monoisotopic (exact) mass is 317 g/mol. The van der Waals surface area contributed by atoms with Crippen LogP contribution in [0.15, 0.2) is 67.4 Å². The zero-order chi connectivity index (χ0) is 17.1. The van der Waals surface area contributed by atoms with Crippen molar-refractivity contribution in [3.8, 4) is 0 Å². The van der Waals surface area contributed by atoms with Crippen LogP contribution in [0.25, 0.3) is 5.70 Å². The summed E-state index contributed by atoms with van der Waals surface area (Å²) in [7, 11) is 0. The Labute approximate surface area is 146 Å². The molecule has 2 atom stereocenters. The Balaban J connectivity index is 1.92. The molecule has 0 saturated carbocycles. The number of fused-ring (bicyclic) bond motifs is 1. The van der Waals surface area contributed by atoms with Gasteiger partial charge in [-0.05, 0) is 48.6 Å². The van der Waals surface area contributed by atoms with E-state index in [0.717, 1.165) is 12.8 Å². The number of aryl methyl sites for hydroxylation is 1. The highest BCUT2D eigenvalue weighted by Gasteiger charge is 2.32. The van der Waals surface area contributed by atoms with Crippen molar-refractivity contribution in [2.24, 2.45) is 0 Å². The number of nitrogens with zero attached hydrogens (tertiary/aromatic N) is 1. The molecule has 0 bridgehead atoms. The molecule has 0 N–H and O–H groups in total. The number of hydrogen-bond donors (Lipinski definition) is 0. The molecule has 0 amide bonds. The summed E-state index contributed by atoms with van der Waals surface area (Å²) in [4.78, 5) is 2.34. The lowest BCUT2D eigenvalue weighted by atomic mass is 9.89. The van der Waals surface area contributed by atoms with Crippen LogP contribution in [0.4, 0.5) is 0 Å². The Kier molecular flexibility index (Phi) is 4.89. The van der Waals surface area contributed by atoms with Crippen molar-refractivity contribution in [2.75, 3.05) is 0 Å². The van der Waals surface area contributed by atoms with E-state index < -0.39 is 0 Å². The predicted octanol–water partition coefficient (Wildman–Crippen LogP) is 6.30.